The zero-order valence-corrected chi connectivity index (χ0v) is 10.3. The van der Waals surface area contributed by atoms with Crippen LogP contribution in [0.3, 0.4) is 0 Å². The van der Waals surface area contributed by atoms with E-state index in [1.54, 1.807) is 6.20 Å². The molecule has 80 valence electrons. The summed E-state index contributed by atoms with van der Waals surface area (Å²) in [6.07, 6.45) is 1.69. The van der Waals surface area contributed by atoms with E-state index in [1.165, 1.54) is 0 Å². The van der Waals surface area contributed by atoms with E-state index in [2.05, 4.69) is 17.3 Å². The van der Waals surface area contributed by atoms with Gasteiger partial charge < -0.3 is 5.32 Å². The molecule has 14 heavy (non-hydrogen) atoms. The van der Waals surface area contributed by atoms with Gasteiger partial charge in [-0.3, -0.25) is 4.68 Å². The van der Waals surface area contributed by atoms with Crippen LogP contribution in [0.2, 0.25) is 5.02 Å². The second-order valence-electron chi connectivity index (χ2n) is 3.00. The number of aryl methyl sites for hydroxylation is 1. The second-order valence-corrected chi connectivity index (χ2v) is 4.73. The van der Waals surface area contributed by atoms with Crippen molar-refractivity contribution in [3.8, 4) is 0 Å². The van der Waals surface area contributed by atoms with Crippen molar-refractivity contribution in [2.75, 3.05) is 18.6 Å². The molecule has 0 aliphatic carbocycles. The van der Waals surface area contributed by atoms with Gasteiger partial charge in [-0.25, -0.2) is 0 Å². The second kappa shape index (κ2) is 5.63. The van der Waals surface area contributed by atoms with Gasteiger partial charge >= 0.3 is 0 Å². The number of nitrogens with one attached hydrogen (secondary N) is 1. The molecule has 1 aromatic rings. The number of hydrogen-bond acceptors (Lipinski definition) is 3. The van der Waals surface area contributed by atoms with Crippen LogP contribution in [0.15, 0.2) is 6.20 Å². The van der Waals surface area contributed by atoms with Crippen molar-refractivity contribution in [2.45, 2.75) is 13.0 Å². The van der Waals surface area contributed by atoms with Crippen LogP contribution in [0.25, 0.3) is 0 Å². The van der Waals surface area contributed by atoms with E-state index in [0.717, 1.165) is 22.2 Å². The summed E-state index contributed by atoms with van der Waals surface area (Å²) < 4.78 is 1.83. The molecule has 1 rings (SSSR count). The molecule has 0 aliphatic rings. The number of thioether (sulfide) groups is 1. The van der Waals surface area contributed by atoms with Crippen molar-refractivity contribution >= 4 is 23.4 Å². The fourth-order valence-corrected chi connectivity index (χ4v) is 2.44. The first-order valence-electron chi connectivity index (χ1n) is 4.63. The van der Waals surface area contributed by atoms with Gasteiger partial charge in [0.25, 0.3) is 0 Å². The Bertz CT molecular complexity index is 268. The lowest BCUT2D eigenvalue weighted by Gasteiger charge is -2.16. The van der Waals surface area contributed by atoms with Crippen LogP contribution in [0.1, 0.15) is 18.7 Å². The molecule has 0 aromatic carbocycles. The molecule has 1 aromatic heterocycles. The van der Waals surface area contributed by atoms with E-state index in [9.17, 15) is 0 Å². The minimum Gasteiger partial charge on any atom is -0.311 e. The molecule has 0 saturated heterocycles. The Morgan fingerprint density at radius 1 is 1.71 bits per heavy atom. The van der Waals surface area contributed by atoms with E-state index in [1.807, 2.05) is 30.5 Å². The number of rotatable bonds is 5. The molecule has 0 spiro atoms. The average Bonchev–Trinajstić information content (AvgIpc) is 2.50. The monoisotopic (exact) mass is 233 g/mol. The minimum atomic E-state index is 0.278. The third-order valence-corrected chi connectivity index (χ3v) is 3.37. The van der Waals surface area contributed by atoms with Crippen LogP contribution in [0.5, 0.6) is 0 Å². The Labute approximate surface area is 94.2 Å². The zero-order valence-electron chi connectivity index (χ0n) is 8.75. The molecule has 0 amide bonds. The van der Waals surface area contributed by atoms with Gasteiger partial charge in [0.1, 0.15) is 0 Å². The Morgan fingerprint density at radius 2 is 2.43 bits per heavy atom. The third kappa shape index (κ3) is 2.65. The summed E-state index contributed by atoms with van der Waals surface area (Å²) in [5.74, 6) is 2.14. The van der Waals surface area contributed by atoms with E-state index >= 15 is 0 Å². The Morgan fingerprint density at radius 3 is 2.86 bits per heavy atom. The summed E-state index contributed by atoms with van der Waals surface area (Å²) in [6.45, 7) is 2.15. The normalized spacial score (nSPS) is 13.1. The maximum Gasteiger partial charge on any atom is 0.0834 e. The van der Waals surface area contributed by atoms with Crippen LogP contribution < -0.4 is 5.32 Å². The van der Waals surface area contributed by atoms with Crippen LogP contribution in [0, 0.1) is 0 Å². The lowest BCUT2D eigenvalue weighted by Crippen LogP contribution is -2.22. The summed E-state index contributed by atoms with van der Waals surface area (Å²) in [5.41, 5.74) is 1.06. The van der Waals surface area contributed by atoms with Crippen molar-refractivity contribution in [1.29, 1.82) is 0 Å². The summed E-state index contributed by atoms with van der Waals surface area (Å²) in [4.78, 5) is 0. The molecule has 1 atom stereocenters. The van der Waals surface area contributed by atoms with E-state index < -0.39 is 0 Å². The fraction of sp³-hybridized carbons (Fsp3) is 0.667. The predicted octanol–water partition coefficient (Wildman–Crippen LogP) is 2.09. The molecular formula is C9H16ClN3S. The van der Waals surface area contributed by atoms with Crippen molar-refractivity contribution in [2.24, 2.45) is 7.05 Å². The number of hydrogen-bond donors (Lipinski definition) is 1. The van der Waals surface area contributed by atoms with Gasteiger partial charge in [0.15, 0.2) is 0 Å². The van der Waals surface area contributed by atoms with Crippen LogP contribution in [0.4, 0.5) is 0 Å². The summed E-state index contributed by atoms with van der Waals surface area (Å²) >= 11 is 7.96. The van der Waals surface area contributed by atoms with Crippen LogP contribution in [-0.4, -0.2) is 28.3 Å². The van der Waals surface area contributed by atoms with Crippen LogP contribution >= 0.6 is 23.4 Å². The molecular weight excluding hydrogens is 218 g/mol. The van der Waals surface area contributed by atoms with Crippen molar-refractivity contribution in [1.82, 2.24) is 15.1 Å². The third-order valence-electron chi connectivity index (χ3n) is 2.10. The number of halogens is 1. The first-order chi connectivity index (χ1) is 6.70. The van der Waals surface area contributed by atoms with E-state index in [-0.39, 0.29) is 6.04 Å². The highest BCUT2D eigenvalue weighted by Crippen LogP contribution is 2.24. The van der Waals surface area contributed by atoms with E-state index in [0.29, 0.717) is 0 Å². The molecule has 0 fully saturated rings. The standard InChI is InChI=1S/C9H16ClN3S/c1-4-14-6-8(11-2)9-7(10)5-12-13(9)3/h5,8,11H,4,6H2,1-3H3. The Kier molecular flexibility index (Phi) is 4.78. The fourth-order valence-electron chi connectivity index (χ4n) is 1.35. The van der Waals surface area contributed by atoms with E-state index in [4.69, 9.17) is 11.6 Å². The van der Waals surface area contributed by atoms with Crippen molar-refractivity contribution in [3.63, 3.8) is 0 Å². The van der Waals surface area contributed by atoms with Gasteiger partial charge in [-0.1, -0.05) is 18.5 Å². The summed E-state index contributed by atoms with van der Waals surface area (Å²) in [7, 11) is 3.87. The molecule has 0 bridgehead atoms. The largest absolute Gasteiger partial charge is 0.311 e. The van der Waals surface area contributed by atoms with Gasteiger partial charge in [0.2, 0.25) is 0 Å². The number of nitrogens with zero attached hydrogens (tertiary/aromatic N) is 2. The minimum absolute atomic E-state index is 0.278. The molecule has 0 radical (unpaired) electrons. The molecule has 5 heteroatoms. The first-order valence-corrected chi connectivity index (χ1v) is 6.16. The quantitative estimate of drug-likeness (QED) is 0.845. The van der Waals surface area contributed by atoms with Gasteiger partial charge in [-0.05, 0) is 12.8 Å². The first kappa shape index (κ1) is 11.9. The molecule has 3 nitrogen and oxygen atoms in total. The zero-order chi connectivity index (χ0) is 10.6. The highest BCUT2D eigenvalue weighted by Gasteiger charge is 2.16. The van der Waals surface area contributed by atoms with Gasteiger partial charge in [-0.15, -0.1) is 0 Å². The van der Waals surface area contributed by atoms with Crippen molar-refractivity contribution in [3.05, 3.63) is 16.9 Å². The van der Waals surface area contributed by atoms with Gasteiger partial charge in [0.05, 0.1) is 23.0 Å². The highest BCUT2D eigenvalue weighted by molar-refractivity contribution is 7.99. The molecule has 0 aliphatic heterocycles. The SMILES string of the molecule is CCSCC(NC)c1c(Cl)cnn1C. The smallest absolute Gasteiger partial charge is 0.0834 e. The number of aromatic nitrogens is 2. The van der Waals surface area contributed by atoms with Crippen LogP contribution in [-0.2, 0) is 7.05 Å². The lowest BCUT2D eigenvalue weighted by molar-refractivity contribution is 0.586. The summed E-state index contributed by atoms with van der Waals surface area (Å²) in [6, 6.07) is 0.278. The molecule has 1 unspecified atom stereocenters. The molecule has 1 heterocycles. The topological polar surface area (TPSA) is 29.9 Å². The average molecular weight is 234 g/mol. The maximum absolute atomic E-state index is 6.06. The lowest BCUT2D eigenvalue weighted by atomic mass is 10.2. The highest BCUT2D eigenvalue weighted by atomic mass is 35.5. The maximum atomic E-state index is 6.06. The van der Waals surface area contributed by atoms with Gasteiger partial charge in [-0.2, -0.15) is 16.9 Å². The van der Waals surface area contributed by atoms with Gasteiger partial charge in [0, 0.05) is 12.8 Å². The summed E-state index contributed by atoms with van der Waals surface area (Å²) in [5, 5.41) is 8.12. The molecule has 0 saturated carbocycles. The Hall–Kier alpha value is -0.190. The predicted molar refractivity (Wildman–Crippen MR) is 63.0 cm³/mol. The Balaban J connectivity index is 2.77. The van der Waals surface area contributed by atoms with Crippen molar-refractivity contribution < 1.29 is 0 Å². The molecule has 1 N–H and O–H groups in total.